The maximum Gasteiger partial charge on any atom is 0.419 e. The van der Waals surface area contributed by atoms with E-state index < -0.39 is 39.2 Å². The van der Waals surface area contributed by atoms with Crippen LogP contribution in [-0.2, 0) is 25.7 Å². The van der Waals surface area contributed by atoms with E-state index in [-0.39, 0.29) is 4.90 Å². The van der Waals surface area contributed by atoms with Crippen molar-refractivity contribution in [1.82, 2.24) is 0 Å². The zero-order chi connectivity index (χ0) is 20.2. The minimum atomic E-state index is -4.97. The molecule has 0 spiro atoms. The van der Waals surface area contributed by atoms with Gasteiger partial charge >= 0.3 is 12.1 Å². The Morgan fingerprint density at radius 1 is 1.15 bits per heavy atom. The third kappa shape index (κ3) is 5.30. The van der Waals surface area contributed by atoms with E-state index in [1.807, 2.05) is 4.72 Å². The van der Waals surface area contributed by atoms with Crippen LogP contribution in [0.2, 0.25) is 0 Å². The van der Waals surface area contributed by atoms with Crippen LogP contribution >= 0.6 is 0 Å². The van der Waals surface area contributed by atoms with E-state index >= 15 is 0 Å². The molecule has 0 atom stereocenters. The van der Waals surface area contributed by atoms with Gasteiger partial charge < -0.3 is 4.74 Å². The van der Waals surface area contributed by atoms with Crippen LogP contribution in [-0.4, -0.2) is 21.5 Å². The quantitative estimate of drug-likeness (QED) is 0.468. The van der Waals surface area contributed by atoms with Gasteiger partial charge in [-0.15, -0.1) is 0 Å². The number of hydrogen-bond acceptors (Lipinski definition) is 4. The molecule has 0 heterocycles. The fraction of sp³-hybridized carbons (Fsp3) is 0.118. The summed E-state index contributed by atoms with van der Waals surface area (Å²) in [6.45, 7) is 0. The largest absolute Gasteiger partial charge is 0.466 e. The second-order valence-corrected chi connectivity index (χ2v) is 6.91. The van der Waals surface area contributed by atoms with Gasteiger partial charge in [-0.25, -0.2) is 17.6 Å². The molecule has 5 nitrogen and oxygen atoms in total. The molecule has 0 unspecified atom stereocenters. The van der Waals surface area contributed by atoms with Crippen molar-refractivity contribution in [3.63, 3.8) is 0 Å². The Bertz CT molecular complexity index is 985. The number of carbonyl (C=O) groups excluding carboxylic acids is 1. The normalized spacial score (nSPS) is 12.2. The average Bonchev–Trinajstić information content (AvgIpc) is 2.60. The summed E-state index contributed by atoms with van der Waals surface area (Å²) in [7, 11) is -3.07. The lowest BCUT2D eigenvalue weighted by Crippen LogP contribution is -2.15. The molecule has 0 fully saturated rings. The van der Waals surface area contributed by atoms with Crippen LogP contribution in [0.15, 0.2) is 53.4 Å². The molecule has 0 saturated heterocycles. The second-order valence-electron chi connectivity index (χ2n) is 5.23. The first-order chi connectivity index (χ1) is 12.5. The minimum absolute atomic E-state index is 0.257. The first kappa shape index (κ1) is 20.4. The molecule has 0 saturated carbocycles. The maximum atomic E-state index is 13.3. The van der Waals surface area contributed by atoms with Crippen LogP contribution in [0.5, 0.6) is 0 Å². The lowest BCUT2D eigenvalue weighted by atomic mass is 10.2. The molecule has 0 radical (unpaired) electrons. The number of esters is 1. The van der Waals surface area contributed by atoms with Gasteiger partial charge in [-0.2, -0.15) is 13.2 Å². The number of carbonyl (C=O) groups is 1. The summed E-state index contributed by atoms with van der Waals surface area (Å²) in [5.74, 6) is -2.16. The fourth-order valence-corrected chi connectivity index (χ4v) is 3.14. The lowest BCUT2D eigenvalue weighted by molar-refractivity contribution is -0.140. The highest BCUT2D eigenvalue weighted by atomic mass is 32.2. The molecule has 0 amide bonds. The lowest BCUT2D eigenvalue weighted by Gasteiger charge is -2.12. The summed E-state index contributed by atoms with van der Waals surface area (Å²) < 4.78 is 82.7. The summed E-state index contributed by atoms with van der Waals surface area (Å²) >= 11 is 0. The summed E-state index contributed by atoms with van der Waals surface area (Å²) in [4.78, 5) is 10.8. The second kappa shape index (κ2) is 7.78. The molecular weight excluding hydrogens is 390 g/mol. The smallest absolute Gasteiger partial charge is 0.419 e. The van der Waals surface area contributed by atoms with Crippen molar-refractivity contribution >= 4 is 27.8 Å². The van der Waals surface area contributed by atoms with Crippen LogP contribution in [0.1, 0.15) is 11.1 Å². The molecule has 0 aliphatic carbocycles. The molecule has 27 heavy (non-hydrogen) atoms. The van der Waals surface area contributed by atoms with Crippen LogP contribution < -0.4 is 4.72 Å². The van der Waals surface area contributed by atoms with E-state index in [0.29, 0.717) is 17.7 Å². The Kier molecular flexibility index (Phi) is 5.89. The number of sulfonamides is 1. The molecule has 10 heteroatoms. The molecule has 2 aromatic rings. The maximum absolute atomic E-state index is 13.3. The van der Waals surface area contributed by atoms with Gasteiger partial charge in [0.25, 0.3) is 10.0 Å². The standard InChI is InChI=1S/C17H13F4NO4S/c1-26-16(23)8-5-11-3-2-4-13(9-11)27(24,25)22-12-6-7-15(18)14(10-12)17(19,20)21/h2-10,22H,1H3/b8-5+. The summed E-state index contributed by atoms with van der Waals surface area (Å²) in [6, 6.07) is 7.09. The molecular formula is C17H13F4NO4S. The first-order valence-corrected chi connectivity index (χ1v) is 8.77. The highest BCUT2D eigenvalue weighted by Crippen LogP contribution is 2.33. The van der Waals surface area contributed by atoms with Gasteiger partial charge in [0, 0.05) is 11.8 Å². The van der Waals surface area contributed by atoms with E-state index in [1.165, 1.54) is 37.5 Å². The Morgan fingerprint density at radius 2 is 1.85 bits per heavy atom. The van der Waals surface area contributed by atoms with Crippen molar-refractivity contribution in [3.05, 3.63) is 65.5 Å². The number of halogens is 4. The zero-order valence-corrected chi connectivity index (χ0v) is 14.6. The summed E-state index contributed by atoms with van der Waals surface area (Å²) in [5.41, 5.74) is -1.69. The van der Waals surface area contributed by atoms with Gasteiger partial charge in [0.1, 0.15) is 5.82 Å². The zero-order valence-electron chi connectivity index (χ0n) is 13.7. The number of rotatable bonds is 5. The van der Waals surface area contributed by atoms with Crippen molar-refractivity contribution in [2.24, 2.45) is 0 Å². The first-order valence-electron chi connectivity index (χ1n) is 7.28. The van der Waals surface area contributed by atoms with E-state index in [0.717, 1.165) is 12.1 Å². The Morgan fingerprint density at radius 3 is 2.48 bits per heavy atom. The van der Waals surface area contributed by atoms with Gasteiger partial charge in [0.15, 0.2) is 0 Å². The highest BCUT2D eigenvalue weighted by Gasteiger charge is 2.34. The number of alkyl halides is 3. The summed E-state index contributed by atoms with van der Waals surface area (Å²) in [6.07, 6.45) is -2.58. The number of benzene rings is 2. The number of methoxy groups -OCH3 is 1. The van der Waals surface area contributed by atoms with Crippen molar-refractivity contribution in [1.29, 1.82) is 0 Å². The third-order valence-corrected chi connectivity index (χ3v) is 4.68. The van der Waals surface area contributed by atoms with Crippen molar-refractivity contribution in [2.45, 2.75) is 11.1 Å². The van der Waals surface area contributed by atoms with Crippen LogP contribution in [0, 0.1) is 5.82 Å². The van der Waals surface area contributed by atoms with E-state index in [4.69, 9.17) is 0 Å². The predicted octanol–water partition coefficient (Wildman–Crippen LogP) is 3.83. The summed E-state index contributed by atoms with van der Waals surface area (Å²) in [5, 5.41) is 0. The molecule has 0 bridgehead atoms. The molecule has 0 aromatic heterocycles. The average molecular weight is 403 g/mol. The Labute approximate surface area is 152 Å². The predicted molar refractivity (Wildman–Crippen MR) is 89.7 cm³/mol. The highest BCUT2D eigenvalue weighted by molar-refractivity contribution is 7.92. The van der Waals surface area contributed by atoms with E-state index in [2.05, 4.69) is 4.74 Å². The van der Waals surface area contributed by atoms with Crippen molar-refractivity contribution in [2.75, 3.05) is 11.8 Å². The van der Waals surface area contributed by atoms with Crippen molar-refractivity contribution in [3.8, 4) is 0 Å². The number of nitrogens with one attached hydrogen (secondary N) is 1. The molecule has 0 aliphatic rings. The molecule has 1 N–H and O–H groups in total. The topological polar surface area (TPSA) is 72.5 Å². The van der Waals surface area contributed by atoms with Crippen LogP contribution in [0.3, 0.4) is 0 Å². The number of anilines is 1. The van der Waals surface area contributed by atoms with Gasteiger partial charge in [-0.1, -0.05) is 12.1 Å². The van der Waals surface area contributed by atoms with Crippen LogP contribution in [0.25, 0.3) is 6.08 Å². The molecule has 2 rings (SSSR count). The number of ether oxygens (including phenoxy) is 1. The Balaban J connectivity index is 2.32. The van der Waals surface area contributed by atoms with E-state index in [1.54, 1.807) is 0 Å². The van der Waals surface area contributed by atoms with Crippen molar-refractivity contribution < 1.29 is 35.5 Å². The fourth-order valence-electron chi connectivity index (χ4n) is 2.04. The minimum Gasteiger partial charge on any atom is -0.466 e. The third-order valence-electron chi connectivity index (χ3n) is 3.31. The molecule has 0 aliphatic heterocycles. The SMILES string of the molecule is COC(=O)/C=C/c1cccc(S(=O)(=O)Nc2ccc(F)c(C(F)(F)F)c2)c1. The van der Waals surface area contributed by atoms with Crippen LogP contribution in [0.4, 0.5) is 23.2 Å². The monoisotopic (exact) mass is 403 g/mol. The molecule has 144 valence electrons. The van der Waals surface area contributed by atoms with Gasteiger partial charge in [-0.05, 0) is 42.0 Å². The van der Waals surface area contributed by atoms with Gasteiger partial charge in [0.05, 0.1) is 17.6 Å². The molecule has 2 aromatic carbocycles. The van der Waals surface area contributed by atoms with Gasteiger partial charge in [0.2, 0.25) is 0 Å². The Hall–Kier alpha value is -2.88. The van der Waals surface area contributed by atoms with E-state index in [9.17, 15) is 30.8 Å². The number of hydrogen-bond donors (Lipinski definition) is 1. The van der Waals surface area contributed by atoms with Gasteiger partial charge in [-0.3, -0.25) is 4.72 Å².